The van der Waals surface area contributed by atoms with E-state index in [4.69, 9.17) is 8.94 Å². The van der Waals surface area contributed by atoms with Crippen molar-refractivity contribution < 1.29 is 13.7 Å². The molecule has 120 valence electrons. The molecule has 0 bridgehead atoms. The number of rotatable bonds is 4. The quantitative estimate of drug-likeness (QED) is 0.752. The molecule has 0 aliphatic heterocycles. The average Bonchev–Trinajstić information content (AvgIpc) is 3.01. The number of carbonyl (C=O) groups is 1. The van der Waals surface area contributed by atoms with Gasteiger partial charge in [0.05, 0.1) is 17.6 Å². The molecule has 8 heteroatoms. The fourth-order valence-electron chi connectivity index (χ4n) is 2.57. The lowest BCUT2D eigenvalue weighted by atomic mass is 10.1. The van der Waals surface area contributed by atoms with E-state index in [1.54, 1.807) is 6.92 Å². The summed E-state index contributed by atoms with van der Waals surface area (Å²) >= 11 is 0. The molecule has 0 saturated heterocycles. The zero-order valence-electron chi connectivity index (χ0n) is 13.0. The number of furan rings is 1. The van der Waals surface area contributed by atoms with Gasteiger partial charge in [-0.2, -0.15) is 0 Å². The molecule has 0 aliphatic rings. The van der Waals surface area contributed by atoms with Gasteiger partial charge < -0.3 is 19.2 Å². The van der Waals surface area contributed by atoms with Crippen LogP contribution in [-0.4, -0.2) is 27.6 Å². The largest absolute Gasteiger partial charge is 0.442 e. The molecule has 0 radical (unpaired) electrons. The van der Waals surface area contributed by atoms with Gasteiger partial charge in [0.1, 0.15) is 16.9 Å². The Kier molecular flexibility index (Phi) is 3.73. The van der Waals surface area contributed by atoms with Crippen LogP contribution in [-0.2, 0) is 6.42 Å². The van der Waals surface area contributed by atoms with Crippen LogP contribution in [0.1, 0.15) is 33.1 Å². The number of amides is 1. The minimum atomic E-state index is -0.400. The predicted molar refractivity (Wildman–Crippen MR) is 81.4 cm³/mol. The standard InChI is InChI=1S/C15H16N4O4/c1-7-10(8(2)23-19-7)4-5-16-13(20)11-9(3)22-15-12(11)14(21)17-6-18-15/h6H,4-5H2,1-3H3,(H,16,20)(H,17,18,21). The molecule has 3 rings (SSSR count). The monoisotopic (exact) mass is 316 g/mol. The smallest absolute Gasteiger partial charge is 0.262 e. The second-order valence-electron chi connectivity index (χ2n) is 5.25. The van der Waals surface area contributed by atoms with Gasteiger partial charge in [-0.3, -0.25) is 9.59 Å². The van der Waals surface area contributed by atoms with Crippen LogP contribution in [0, 0.1) is 20.8 Å². The maximum absolute atomic E-state index is 12.4. The molecule has 0 aromatic carbocycles. The van der Waals surface area contributed by atoms with E-state index in [2.05, 4.69) is 20.4 Å². The zero-order valence-corrected chi connectivity index (χ0v) is 13.0. The first-order chi connectivity index (χ1) is 11.0. The van der Waals surface area contributed by atoms with Crippen molar-refractivity contribution in [2.75, 3.05) is 6.54 Å². The Morgan fingerprint density at radius 2 is 2.09 bits per heavy atom. The molecule has 3 heterocycles. The minimum Gasteiger partial charge on any atom is -0.442 e. The topological polar surface area (TPSA) is 114 Å². The molecule has 0 unspecified atom stereocenters. The molecule has 23 heavy (non-hydrogen) atoms. The Bertz CT molecular complexity index is 915. The predicted octanol–water partition coefficient (Wildman–Crippen LogP) is 1.40. The molecule has 0 aliphatic carbocycles. The third kappa shape index (κ3) is 2.63. The van der Waals surface area contributed by atoms with E-state index in [0.717, 1.165) is 17.0 Å². The number of aromatic nitrogens is 3. The van der Waals surface area contributed by atoms with Crippen LogP contribution in [0.25, 0.3) is 11.1 Å². The number of nitrogens with zero attached hydrogens (tertiary/aromatic N) is 2. The van der Waals surface area contributed by atoms with E-state index in [-0.39, 0.29) is 22.6 Å². The van der Waals surface area contributed by atoms with E-state index in [0.29, 0.717) is 18.7 Å². The summed E-state index contributed by atoms with van der Waals surface area (Å²) < 4.78 is 10.5. The molecule has 8 nitrogen and oxygen atoms in total. The van der Waals surface area contributed by atoms with Crippen LogP contribution < -0.4 is 10.9 Å². The summed E-state index contributed by atoms with van der Waals surface area (Å²) in [6, 6.07) is 0. The van der Waals surface area contributed by atoms with Gasteiger partial charge in [0.15, 0.2) is 0 Å². The lowest BCUT2D eigenvalue weighted by Crippen LogP contribution is -2.27. The first-order valence-corrected chi connectivity index (χ1v) is 7.15. The molecular weight excluding hydrogens is 300 g/mol. The maximum atomic E-state index is 12.4. The highest BCUT2D eigenvalue weighted by molar-refractivity contribution is 6.06. The van der Waals surface area contributed by atoms with E-state index >= 15 is 0 Å². The molecule has 2 N–H and O–H groups in total. The Labute approximate surface area is 130 Å². The molecule has 0 saturated carbocycles. The lowest BCUT2D eigenvalue weighted by Gasteiger charge is -2.04. The van der Waals surface area contributed by atoms with Gasteiger partial charge in [0, 0.05) is 12.1 Å². The van der Waals surface area contributed by atoms with E-state index in [1.165, 1.54) is 6.33 Å². The van der Waals surface area contributed by atoms with Crippen LogP contribution in [0.3, 0.4) is 0 Å². The Morgan fingerprint density at radius 1 is 1.30 bits per heavy atom. The Morgan fingerprint density at radius 3 is 2.78 bits per heavy atom. The first kappa shape index (κ1) is 15.0. The molecule has 0 spiro atoms. The number of nitrogens with one attached hydrogen (secondary N) is 2. The third-order valence-electron chi connectivity index (χ3n) is 3.74. The Hall–Kier alpha value is -2.90. The van der Waals surface area contributed by atoms with Gasteiger partial charge in [-0.05, 0) is 27.2 Å². The highest BCUT2D eigenvalue weighted by Gasteiger charge is 2.21. The third-order valence-corrected chi connectivity index (χ3v) is 3.74. The van der Waals surface area contributed by atoms with Crippen molar-refractivity contribution in [2.45, 2.75) is 27.2 Å². The number of fused-ring (bicyclic) bond motifs is 1. The summed E-state index contributed by atoms with van der Waals surface area (Å²) in [5.74, 6) is 0.730. The van der Waals surface area contributed by atoms with Crippen molar-refractivity contribution in [3.8, 4) is 0 Å². The van der Waals surface area contributed by atoms with E-state index < -0.39 is 5.56 Å². The van der Waals surface area contributed by atoms with Gasteiger partial charge in [-0.1, -0.05) is 5.16 Å². The summed E-state index contributed by atoms with van der Waals surface area (Å²) in [6.07, 6.45) is 1.84. The van der Waals surface area contributed by atoms with Crippen molar-refractivity contribution in [2.24, 2.45) is 0 Å². The average molecular weight is 316 g/mol. The first-order valence-electron chi connectivity index (χ1n) is 7.15. The molecule has 3 aromatic heterocycles. The fourth-order valence-corrected chi connectivity index (χ4v) is 2.57. The van der Waals surface area contributed by atoms with Crippen molar-refractivity contribution in [3.05, 3.63) is 45.0 Å². The van der Waals surface area contributed by atoms with Crippen molar-refractivity contribution >= 4 is 17.0 Å². The summed E-state index contributed by atoms with van der Waals surface area (Å²) in [7, 11) is 0. The highest BCUT2D eigenvalue weighted by atomic mass is 16.5. The molecule has 3 aromatic rings. The van der Waals surface area contributed by atoms with Crippen LogP contribution in [0.2, 0.25) is 0 Å². The summed E-state index contributed by atoms with van der Waals surface area (Å²) in [5, 5.41) is 6.83. The Balaban J connectivity index is 1.79. The van der Waals surface area contributed by atoms with E-state index in [1.807, 2.05) is 13.8 Å². The van der Waals surface area contributed by atoms with Crippen LogP contribution in [0.4, 0.5) is 0 Å². The highest BCUT2D eigenvalue weighted by Crippen LogP contribution is 2.20. The lowest BCUT2D eigenvalue weighted by molar-refractivity contribution is 0.0954. The van der Waals surface area contributed by atoms with Crippen molar-refractivity contribution in [3.63, 3.8) is 0 Å². The molecule has 0 atom stereocenters. The van der Waals surface area contributed by atoms with Gasteiger partial charge in [-0.15, -0.1) is 0 Å². The summed E-state index contributed by atoms with van der Waals surface area (Å²) in [5.41, 5.74) is 1.75. The maximum Gasteiger partial charge on any atom is 0.262 e. The molecule has 1 amide bonds. The van der Waals surface area contributed by atoms with E-state index in [9.17, 15) is 9.59 Å². The number of H-pyrrole nitrogens is 1. The van der Waals surface area contributed by atoms with Gasteiger partial charge >= 0.3 is 0 Å². The van der Waals surface area contributed by atoms with Crippen LogP contribution in [0.15, 0.2) is 20.1 Å². The number of hydrogen-bond acceptors (Lipinski definition) is 6. The van der Waals surface area contributed by atoms with Gasteiger partial charge in [0.2, 0.25) is 5.71 Å². The minimum absolute atomic E-state index is 0.155. The zero-order chi connectivity index (χ0) is 16.6. The van der Waals surface area contributed by atoms with Crippen molar-refractivity contribution in [1.29, 1.82) is 0 Å². The summed E-state index contributed by atoms with van der Waals surface area (Å²) in [4.78, 5) is 30.7. The van der Waals surface area contributed by atoms with Gasteiger partial charge in [-0.25, -0.2) is 4.98 Å². The number of carbonyl (C=O) groups excluding carboxylic acids is 1. The molecular formula is C15H16N4O4. The SMILES string of the molecule is Cc1noc(C)c1CCNC(=O)c1c(C)oc2nc[nH]c(=O)c12. The van der Waals surface area contributed by atoms with Crippen LogP contribution >= 0.6 is 0 Å². The summed E-state index contributed by atoms with van der Waals surface area (Å²) in [6.45, 7) is 5.71. The molecule has 0 fully saturated rings. The fraction of sp³-hybridized carbons (Fsp3) is 0.333. The normalized spacial score (nSPS) is 11.1. The number of aromatic amines is 1. The second kappa shape index (κ2) is 5.71. The second-order valence-corrected chi connectivity index (χ2v) is 5.25. The van der Waals surface area contributed by atoms with Gasteiger partial charge in [0.25, 0.3) is 11.5 Å². The number of aryl methyl sites for hydroxylation is 3. The van der Waals surface area contributed by atoms with Crippen LogP contribution in [0.5, 0.6) is 0 Å². The van der Waals surface area contributed by atoms with Crippen molar-refractivity contribution in [1.82, 2.24) is 20.4 Å². The number of hydrogen-bond donors (Lipinski definition) is 2.